The fourth-order valence-corrected chi connectivity index (χ4v) is 3.97. The number of aromatic nitrogens is 3. The highest BCUT2D eigenvalue weighted by Gasteiger charge is 2.67. The van der Waals surface area contributed by atoms with Gasteiger partial charge in [0.2, 0.25) is 0 Å². The van der Waals surface area contributed by atoms with Crippen molar-refractivity contribution in [2.45, 2.75) is 58.7 Å². The molecule has 1 aromatic heterocycles. The summed E-state index contributed by atoms with van der Waals surface area (Å²) in [5, 5.41) is 7.75. The number of halogens is 1. The van der Waals surface area contributed by atoms with Crippen LogP contribution in [0.3, 0.4) is 0 Å². The summed E-state index contributed by atoms with van der Waals surface area (Å²) in [4.78, 5) is 0. The molecule has 108 valence electrons. The molecule has 1 aliphatic carbocycles. The molecule has 2 rings (SSSR count). The largest absolute Gasteiger partial charge is 0.298 e. The fourth-order valence-electron chi connectivity index (χ4n) is 2.98. The van der Waals surface area contributed by atoms with Crippen LogP contribution in [0.25, 0.3) is 0 Å². The zero-order valence-electron chi connectivity index (χ0n) is 12.1. The van der Waals surface area contributed by atoms with Crippen molar-refractivity contribution in [2.24, 2.45) is 10.8 Å². The smallest absolute Gasteiger partial charge is 0.296 e. The zero-order chi connectivity index (χ0) is 14.8. The molecule has 0 atom stereocenters. The number of nitrogens with zero attached hydrogens (tertiary/aromatic N) is 3. The molecule has 0 N–H and O–H groups in total. The van der Waals surface area contributed by atoms with Crippen LogP contribution in [0.15, 0.2) is 5.16 Å². The molecule has 0 unspecified atom stereocenters. The highest BCUT2D eigenvalue weighted by molar-refractivity contribution is 8.13. The van der Waals surface area contributed by atoms with E-state index in [0.29, 0.717) is 5.82 Å². The Labute approximate surface area is 118 Å². The molecule has 5 nitrogen and oxygen atoms in total. The standard InChI is InChI=1S/C12H20ClN3O2S/c1-7(2)16-9(8-11(3,4)12(8,5)6)14-15-10(16)19(13,17)18/h7-8H,1-6H3. The SMILES string of the molecule is CC(C)n1c(C2C(C)(C)C2(C)C)nnc1S(=O)(=O)Cl. The van der Waals surface area contributed by atoms with Gasteiger partial charge in [-0.3, -0.25) is 4.57 Å². The first-order valence-corrected chi connectivity index (χ1v) is 8.62. The van der Waals surface area contributed by atoms with Crippen molar-refractivity contribution in [3.05, 3.63) is 5.82 Å². The molecule has 1 fully saturated rings. The molecule has 1 saturated carbocycles. The number of rotatable bonds is 3. The van der Waals surface area contributed by atoms with Gasteiger partial charge in [-0.05, 0) is 24.7 Å². The molecule has 0 aliphatic heterocycles. The third-order valence-electron chi connectivity index (χ3n) is 4.70. The molecular weight excluding hydrogens is 286 g/mol. The van der Waals surface area contributed by atoms with E-state index in [2.05, 4.69) is 37.9 Å². The molecule has 0 amide bonds. The van der Waals surface area contributed by atoms with Crippen LogP contribution >= 0.6 is 10.7 Å². The van der Waals surface area contributed by atoms with E-state index >= 15 is 0 Å². The van der Waals surface area contributed by atoms with Gasteiger partial charge in [0.1, 0.15) is 5.82 Å². The summed E-state index contributed by atoms with van der Waals surface area (Å²) in [7, 11) is 1.56. The first-order chi connectivity index (χ1) is 8.42. The molecule has 0 spiro atoms. The van der Waals surface area contributed by atoms with Crippen molar-refractivity contribution in [3.8, 4) is 0 Å². The molecule has 0 radical (unpaired) electrons. The Bertz CT molecular complexity index is 603. The lowest BCUT2D eigenvalue weighted by Gasteiger charge is -2.13. The van der Waals surface area contributed by atoms with Crippen LogP contribution in [0.1, 0.15) is 59.3 Å². The van der Waals surface area contributed by atoms with Crippen LogP contribution in [-0.4, -0.2) is 23.2 Å². The summed E-state index contributed by atoms with van der Waals surface area (Å²) < 4.78 is 24.8. The van der Waals surface area contributed by atoms with E-state index in [1.165, 1.54) is 0 Å². The molecule has 1 heterocycles. The van der Waals surface area contributed by atoms with Gasteiger partial charge >= 0.3 is 0 Å². The molecule has 0 bridgehead atoms. The minimum atomic E-state index is -3.88. The highest BCUT2D eigenvalue weighted by Crippen LogP contribution is 2.73. The van der Waals surface area contributed by atoms with Crippen molar-refractivity contribution in [1.82, 2.24) is 14.8 Å². The first kappa shape index (κ1) is 14.8. The van der Waals surface area contributed by atoms with Gasteiger partial charge in [-0.1, -0.05) is 27.7 Å². The van der Waals surface area contributed by atoms with Crippen molar-refractivity contribution in [1.29, 1.82) is 0 Å². The van der Waals surface area contributed by atoms with E-state index < -0.39 is 9.05 Å². The summed E-state index contributed by atoms with van der Waals surface area (Å²) in [6.07, 6.45) is 0. The highest BCUT2D eigenvalue weighted by atomic mass is 35.7. The van der Waals surface area contributed by atoms with Gasteiger partial charge in [0.25, 0.3) is 14.2 Å². The molecule has 0 aromatic carbocycles. The second-order valence-electron chi connectivity index (χ2n) is 6.62. The minimum Gasteiger partial charge on any atom is -0.298 e. The Balaban J connectivity index is 2.60. The van der Waals surface area contributed by atoms with Crippen LogP contribution in [-0.2, 0) is 9.05 Å². The Morgan fingerprint density at radius 3 is 1.95 bits per heavy atom. The minimum absolute atomic E-state index is 0.0549. The maximum atomic E-state index is 11.6. The Hall–Kier alpha value is -0.620. The van der Waals surface area contributed by atoms with Gasteiger partial charge in [0.15, 0.2) is 0 Å². The van der Waals surface area contributed by atoms with E-state index in [1.54, 1.807) is 4.57 Å². The third-order valence-corrected chi connectivity index (χ3v) is 5.83. The van der Waals surface area contributed by atoms with E-state index in [1.807, 2.05) is 13.8 Å². The van der Waals surface area contributed by atoms with Gasteiger partial charge in [-0.15, -0.1) is 10.2 Å². The fraction of sp³-hybridized carbons (Fsp3) is 0.833. The molecule has 1 aromatic rings. The average Bonchev–Trinajstić information content (AvgIpc) is 2.58. The Kier molecular flexibility index (Phi) is 3.07. The summed E-state index contributed by atoms with van der Waals surface area (Å²) in [6, 6.07) is -0.0549. The van der Waals surface area contributed by atoms with Crippen molar-refractivity contribution in [2.75, 3.05) is 0 Å². The predicted molar refractivity (Wildman–Crippen MR) is 73.7 cm³/mol. The second-order valence-corrected chi connectivity index (χ2v) is 9.08. The lowest BCUT2D eigenvalue weighted by molar-refractivity contribution is 0.457. The van der Waals surface area contributed by atoms with E-state index in [9.17, 15) is 8.42 Å². The lowest BCUT2D eigenvalue weighted by atomic mass is 10.0. The summed E-state index contributed by atoms with van der Waals surface area (Å²) in [5.74, 6) is 0.895. The predicted octanol–water partition coefficient (Wildman–Crippen LogP) is 2.94. The van der Waals surface area contributed by atoms with Crippen molar-refractivity contribution in [3.63, 3.8) is 0 Å². The van der Waals surface area contributed by atoms with Gasteiger partial charge in [-0.2, -0.15) is 0 Å². The number of hydrogen-bond acceptors (Lipinski definition) is 4. The van der Waals surface area contributed by atoms with Crippen LogP contribution in [0.5, 0.6) is 0 Å². The van der Waals surface area contributed by atoms with Gasteiger partial charge < -0.3 is 0 Å². The Morgan fingerprint density at radius 1 is 1.16 bits per heavy atom. The molecular formula is C12H20ClN3O2S. The zero-order valence-corrected chi connectivity index (χ0v) is 13.7. The molecule has 0 saturated heterocycles. The van der Waals surface area contributed by atoms with Gasteiger partial charge in [0.05, 0.1) is 0 Å². The molecule has 1 aliphatic rings. The maximum absolute atomic E-state index is 11.6. The molecule has 19 heavy (non-hydrogen) atoms. The topological polar surface area (TPSA) is 64.8 Å². The van der Waals surface area contributed by atoms with Gasteiger partial charge in [0, 0.05) is 22.6 Å². The van der Waals surface area contributed by atoms with Crippen molar-refractivity contribution >= 4 is 19.7 Å². The second kappa shape index (κ2) is 3.95. The van der Waals surface area contributed by atoms with Crippen LogP contribution < -0.4 is 0 Å². The van der Waals surface area contributed by atoms with Crippen LogP contribution in [0.2, 0.25) is 0 Å². The van der Waals surface area contributed by atoms with E-state index in [4.69, 9.17) is 10.7 Å². The lowest BCUT2D eigenvalue weighted by Crippen LogP contribution is -2.12. The monoisotopic (exact) mass is 305 g/mol. The van der Waals surface area contributed by atoms with E-state index in [-0.39, 0.29) is 27.9 Å². The van der Waals surface area contributed by atoms with Crippen LogP contribution in [0.4, 0.5) is 0 Å². The Morgan fingerprint density at radius 2 is 1.63 bits per heavy atom. The van der Waals surface area contributed by atoms with Crippen LogP contribution in [0, 0.1) is 10.8 Å². The average molecular weight is 306 g/mol. The normalized spacial score (nSPS) is 21.9. The maximum Gasteiger partial charge on any atom is 0.296 e. The van der Waals surface area contributed by atoms with Gasteiger partial charge in [-0.25, -0.2) is 8.42 Å². The quantitative estimate of drug-likeness (QED) is 0.805. The first-order valence-electron chi connectivity index (χ1n) is 6.32. The summed E-state index contributed by atoms with van der Waals surface area (Å²) in [5.41, 5.74) is 0.139. The van der Waals surface area contributed by atoms with Crippen molar-refractivity contribution < 1.29 is 8.42 Å². The third kappa shape index (κ3) is 2.00. The van der Waals surface area contributed by atoms with E-state index in [0.717, 1.165) is 0 Å². The number of hydrogen-bond donors (Lipinski definition) is 0. The summed E-state index contributed by atoms with van der Waals surface area (Å²) >= 11 is 0. The molecule has 7 heteroatoms. The summed E-state index contributed by atoms with van der Waals surface area (Å²) in [6.45, 7) is 12.4.